The average molecular weight is 265 g/mol. The fraction of sp³-hybridized carbons (Fsp3) is 0.643. The van der Waals surface area contributed by atoms with Crippen LogP contribution in [0.25, 0.3) is 0 Å². The van der Waals surface area contributed by atoms with Crippen molar-refractivity contribution in [1.29, 1.82) is 0 Å². The molecule has 19 heavy (non-hydrogen) atoms. The Morgan fingerprint density at radius 1 is 1.32 bits per heavy atom. The van der Waals surface area contributed by atoms with Crippen molar-refractivity contribution in [2.24, 2.45) is 0 Å². The van der Waals surface area contributed by atoms with E-state index in [2.05, 4.69) is 29.1 Å². The maximum absolute atomic E-state index is 11.0. The van der Waals surface area contributed by atoms with E-state index in [0.29, 0.717) is 17.7 Å². The van der Waals surface area contributed by atoms with Crippen LogP contribution in [0.1, 0.15) is 62.1 Å². The van der Waals surface area contributed by atoms with Gasteiger partial charge in [-0.15, -0.1) is 0 Å². The van der Waals surface area contributed by atoms with Gasteiger partial charge in [-0.3, -0.25) is 0 Å². The van der Waals surface area contributed by atoms with E-state index in [1.54, 1.807) is 6.92 Å². The minimum atomic E-state index is -1.02. The predicted octanol–water partition coefficient (Wildman–Crippen LogP) is 3.25. The van der Waals surface area contributed by atoms with E-state index >= 15 is 0 Å². The summed E-state index contributed by atoms with van der Waals surface area (Å²) in [4.78, 5) is 19.3. The summed E-state index contributed by atoms with van der Waals surface area (Å²) in [6, 6.07) is 1.79. The van der Waals surface area contributed by atoms with Gasteiger partial charge in [0.2, 0.25) is 5.95 Å². The molecule has 0 saturated heterocycles. The summed E-state index contributed by atoms with van der Waals surface area (Å²) in [5.41, 5.74) is 0.710. The van der Waals surface area contributed by atoms with Crippen molar-refractivity contribution in [2.45, 2.75) is 58.9 Å². The number of nitrogens with zero attached hydrogens (tertiary/aromatic N) is 2. The molecular formula is C14H23N3O2. The molecule has 1 aromatic heterocycles. The van der Waals surface area contributed by atoms with E-state index in [1.807, 2.05) is 0 Å². The normalized spacial score (nSPS) is 12.2. The Hall–Kier alpha value is -1.65. The first-order valence-electron chi connectivity index (χ1n) is 6.92. The number of aromatic nitrogens is 2. The molecule has 5 heteroatoms. The van der Waals surface area contributed by atoms with Crippen molar-refractivity contribution in [2.75, 3.05) is 5.32 Å². The van der Waals surface area contributed by atoms with Crippen LogP contribution in [0.5, 0.6) is 0 Å². The SMILES string of the molecule is CCCCC(CCC)Nc1nc(C)cc(C(=O)O)n1. The summed E-state index contributed by atoms with van der Waals surface area (Å²) in [7, 11) is 0. The van der Waals surface area contributed by atoms with Crippen LogP contribution in [0, 0.1) is 6.92 Å². The number of hydrogen-bond acceptors (Lipinski definition) is 4. The summed E-state index contributed by atoms with van der Waals surface area (Å²) in [5, 5.41) is 12.3. The van der Waals surface area contributed by atoms with Crippen LogP contribution >= 0.6 is 0 Å². The molecule has 0 amide bonds. The molecule has 1 heterocycles. The Kier molecular flexibility index (Phi) is 6.25. The summed E-state index contributed by atoms with van der Waals surface area (Å²) in [6.45, 7) is 6.08. The molecule has 1 aromatic rings. The lowest BCUT2D eigenvalue weighted by molar-refractivity contribution is 0.0690. The first-order valence-corrected chi connectivity index (χ1v) is 6.92. The number of carbonyl (C=O) groups is 1. The highest BCUT2D eigenvalue weighted by atomic mass is 16.4. The molecule has 1 atom stereocenters. The molecule has 0 aliphatic rings. The first-order chi connectivity index (χ1) is 9.06. The molecule has 0 radical (unpaired) electrons. The second-order valence-corrected chi connectivity index (χ2v) is 4.80. The largest absolute Gasteiger partial charge is 0.477 e. The molecule has 1 rings (SSSR count). The van der Waals surface area contributed by atoms with Crippen LogP contribution in [0.4, 0.5) is 5.95 Å². The summed E-state index contributed by atoms with van der Waals surface area (Å²) >= 11 is 0. The molecule has 0 fully saturated rings. The number of carboxylic acid groups (broad SMARTS) is 1. The first kappa shape index (κ1) is 15.4. The van der Waals surface area contributed by atoms with Crippen LogP contribution in [-0.2, 0) is 0 Å². The molecular weight excluding hydrogens is 242 g/mol. The quantitative estimate of drug-likeness (QED) is 0.754. The van der Waals surface area contributed by atoms with E-state index < -0.39 is 5.97 Å². The van der Waals surface area contributed by atoms with Gasteiger partial charge in [-0.1, -0.05) is 33.1 Å². The number of carboxylic acids is 1. The van der Waals surface area contributed by atoms with E-state index in [0.717, 1.165) is 32.1 Å². The van der Waals surface area contributed by atoms with Gasteiger partial charge in [0, 0.05) is 11.7 Å². The fourth-order valence-corrected chi connectivity index (χ4v) is 2.01. The van der Waals surface area contributed by atoms with Crippen LogP contribution in [0.15, 0.2) is 6.07 Å². The summed E-state index contributed by atoms with van der Waals surface area (Å²) in [5.74, 6) is -0.596. The highest BCUT2D eigenvalue weighted by molar-refractivity contribution is 5.85. The highest BCUT2D eigenvalue weighted by Gasteiger charge is 2.12. The maximum Gasteiger partial charge on any atom is 0.354 e. The molecule has 106 valence electrons. The minimum absolute atomic E-state index is 0.0424. The van der Waals surface area contributed by atoms with Gasteiger partial charge in [0.05, 0.1) is 0 Å². The number of unbranched alkanes of at least 4 members (excludes halogenated alkanes) is 1. The van der Waals surface area contributed by atoms with Gasteiger partial charge in [0.15, 0.2) is 5.69 Å². The lowest BCUT2D eigenvalue weighted by Crippen LogP contribution is -2.21. The van der Waals surface area contributed by atoms with Crippen LogP contribution in [0.3, 0.4) is 0 Å². The average Bonchev–Trinajstić information content (AvgIpc) is 2.35. The van der Waals surface area contributed by atoms with E-state index in [9.17, 15) is 4.79 Å². The lowest BCUT2D eigenvalue weighted by Gasteiger charge is -2.18. The van der Waals surface area contributed by atoms with Gasteiger partial charge >= 0.3 is 5.97 Å². The number of rotatable bonds is 8. The van der Waals surface area contributed by atoms with Crippen molar-refractivity contribution in [3.8, 4) is 0 Å². The number of hydrogen-bond donors (Lipinski definition) is 2. The Bertz CT molecular complexity index is 421. The van der Waals surface area contributed by atoms with Crippen molar-refractivity contribution in [1.82, 2.24) is 9.97 Å². The Balaban J connectivity index is 2.79. The molecule has 0 aliphatic heterocycles. The second kappa shape index (κ2) is 7.71. The number of nitrogens with one attached hydrogen (secondary N) is 1. The zero-order valence-electron chi connectivity index (χ0n) is 11.9. The standard InChI is InChI=1S/C14H23N3O2/c1-4-6-8-11(7-5-2)16-14-15-10(3)9-12(17-14)13(18)19/h9,11H,4-8H2,1-3H3,(H,18,19)(H,15,16,17). The number of anilines is 1. The van der Waals surface area contributed by atoms with Crippen molar-refractivity contribution in [3.63, 3.8) is 0 Å². The van der Waals surface area contributed by atoms with Crippen LogP contribution < -0.4 is 5.32 Å². The third-order valence-electron chi connectivity index (χ3n) is 2.95. The van der Waals surface area contributed by atoms with Crippen molar-refractivity contribution < 1.29 is 9.90 Å². The predicted molar refractivity (Wildman–Crippen MR) is 75.6 cm³/mol. The van der Waals surface area contributed by atoms with Gasteiger partial charge in [-0.2, -0.15) is 0 Å². The Labute approximate surface area is 114 Å². The molecule has 0 spiro atoms. The lowest BCUT2D eigenvalue weighted by atomic mass is 10.1. The van der Waals surface area contributed by atoms with E-state index in [1.165, 1.54) is 6.07 Å². The van der Waals surface area contributed by atoms with Crippen molar-refractivity contribution >= 4 is 11.9 Å². The smallest absolute Gasteiger partial charge is 0.354 e. The van der Waals surface area contributed by atoms with Crippen LogP contribution in [0.2, 0.25) is 0 Å². The molecule has 2 N–H and O–H groups in total. The third-order valence-corrected chi connectivity index (χ3v) is 2.95. The van der Waals surface area contributed by atoms with E-state index in [4.69, 9.17) is 5.11 Å². The number of aromatic carboxylic acids is 1. The zero-order valence-corrected chi connectivity index (χ0v) is 11.9. The molecule has 0 aliphatic carbocycles. The summed E-state index contributed by atoms with van der Waals surface area (Å²) < 4.78 is 0. The third kappa shape index (κ3) is 5.24. The van der Waals surface area contributed by atoms with E-state index in [-0.39, 0.29) is 5.69 Å². The molecule has 0 aromatic carbocycles. The van der Waals surface area contributed by atoms with Crippen molar-refractivity contribution in [3.05, 3.63) is 17.5 Å². The Morgan fingerprint density at radius 3 is 2.63 bits per heavy atom. The van der Waals surface area contributed by atoms with Gasteiger partial charge in [-0.25, -0.2) is 14.8 Å². The number of aryl methyl sites for hydroxylation is 1. The second-order valence-electron chi connectivity index (χ2n) is 4.80. The topological polar surface area (TPSA) is 75.1 Å². The zero-order chi connectivity index (χ0) is 14.3. The van der Waals surface area contributed by atoms with Gasteiger partial charge < -0.3 is 10.4 Å². The molecule has 5 nitrogen and oxygen atoms in total. The van der Waals surface area contributed by atoms with Gasteiger partial charge in [0.25, 0.3) is 0 Å². The summed E-state index contributed by atoms with van der Waals surface area (Å²) in [6.07, 6.45) is 5.48. The van der Waals surface area contributed by atoms with Gasteiger partial charge in [-0.05, 0) is 25.8 Å². The highest BCUT2D eigenvalue weighted by Crippen LogP contribution is 2.13. The minimum Gasteiger partial charge on any atom is -0.477 e. The molecule has 1 unspecified atom stereocenters. The molecule has 0 bridgehead atoms. The van der Waals surface area contributed by atoms with Gasteiger partial charge in [0.1, 0.15) is 0 Å². The van der Waals surface area contributed by atoms with Crippen LogP contribution in [-0.4, -0.2) is 27.1 Å². The maximum atomic E-state index is 11.0. The Morgan fingerprint density at radius 2 is 2.05 bits per heavy atom. The monoisotopic (exact) mass is 265 g/mol. The fourth-order valence-electron chi connectivity index (χ4n) is 2.01. The molecule has 0 saturated carbocycles.